The van der Waals surface area contributed by atoms with Crippen LogP contribution >= 0.6 is 0 Å². The maximum absolute atomic E-state index is 6.40. The van der Waals surface area contributed by atoms with Crippen LogP contribution < -0.4 is 0 Å². The molecule has 0 fully saturated rings. The molecule has 0 saturated carbocycles. The predicted octanol–water partition coefficient (Wildman–Crippen LogP) is 14.1. The van der Waals surface area contributed by atoms with Crippen molar-refractivity contribution in [3.8, 4) is 27.9 Å². The fourth-order valence-corrected chi connectivity index (χ4v) is 9.82. The fraction of sp³-hybridized carbons (Fsp3) is 0.0588. The van der Waals surface area contributed by atoms with Crippen molar-refractivity contribution in [2.45, 2.75) is 19.3 Å². The van der Waals surface area contributed by atoms with Crippen molar-refractivity contribution in [1.82, 2.24) is 4.57 Å². The first-order valence-corrected chi connectivity index (χ1v) is 18.5. The lowest BCUT2D eigenvalue weighted by Gasteiger charge is -2.22. The highest BCUT2D eigenvalue weighted by atomic mass is 16.3. The highest BCUT2D eigenvalue weighted by molar-refractivity contribution is 6.26. The van der Waals surface area contributed by atoms with E-state index in [2.05, 4.69) is 182 Å². The summed E-state index contributed by atoms with van der Waals surface area (Å²) in [4.78, 5) is 0. The molecule has 0 radical (unpaired) electrons. The van der Waals surface area contributed by atoms with Gasteiger partial charge in [-0.25, -0.2) is 0 Å². The molecule has 0 N–H and O–H groups in total. The van der Waals surface area contributed by atoms with Gasteiger partial charge in [-0.1, -0.05) is 141 Å². The molecule has 11 aromatic rings. The van der Waals surface area contributed by atoms with Gasteiger partial charge in [0, 0.05) is 38.2 Å². The Balaban J connectivity index is 1.08. The van der Waals surface area contributed by atoms with E-state index in [1.807, 2.05) is 0 Å². The molecule has 2 nitrogen and oxygen atoms in total. The van der Waals surface area contributed by atoms with Gasteiger partial charge >= 0.3 is 0 Å². The third kappa shape index (κ3) is 3.77. The molecule has 1 aliphatic carbocycles. The van der Waals surface area contributed by atoms with Crippen LogP contribution in [0.4, 0.5) is 0 Å². The van der Waals surface area contributed by atoms with E-state index in [0.717, 1.165) is 16.9 Å². The summed E-state index contributed by atoms with van der Waals surface area (Å²) in [5.74, 6) is 0. The van der Waals surface area contributed by atoms with E-state index in [1.165, 1.54) is 98.3 Å². The normalized spacial score (nSPS) is 13.6. The molecule has 0 atom stereocenters. The Labute approximate surface area is 306 Å². The maximum atomic E-state index is 6.40. The van der Waals surface area contributed by atoms with Crippen LogP contribution in [0.5, 0.6) is 0 Å². The summed E-state index contributed by atoms with van der Waals surface area (Å²) in [6.45, 7) is 4.75. The van der Waals surface area contributed by atoms with E-state index in [0.29, 0.717) is 0 Å². The van der Waals surface area contributed by atoms with Gasteiger partial charge in [0.25, 0.3) is 0 Å². The number of nitrogens with zero attached hydrogens (tertiary/aromatic N) is 1. The van der Waals surface area contributed by atoms with E-state index in [-0.39, 0.29) is 5.41 Å². The summed E-state index contributed by atoms with van der Waals surface area (Å²) in [6, 6.07) is 60.3. The maximum Gasteiger partial charge on any atom is 0.135 e. The van der Waals surface area contributed by atoms with Crippen molar-refractivity contribution >= 4 is 76.1 Å². The second-order valence-electron chi connectivity index (χ2n) is 15.2. The van der Waals surface area contributed by atoms with Crippen LogP contribution in [0.3, 0.4) is 0 Å². The Bertz CT molecular complexity index is 3320. The molecule has 12 rings (SSSR count). The Hall–Kier alpha value is -6.64. The molecule has 2 heteroatoms. The summed E-state index contributed by atoms with van der Waals surface area (Å²) in [7, 11) is 0. The minimum Gasteiger partial charge on any atom is -0.456 e. The lowest BCUT2D eigenvalue weighted by atomic mass is 9.80. The molecule has 0 amide bonds. The zero-order chi connectivity index (χ0) is 35.0. The highest BCUT2D eigenvalue weighted by Crippen LogP contribution is 2.56. The number of hydrogen-bond donors (Lipinski definition) is 0. The zero-order valence-corrected chi connectivity index (χ0v) is 29.4. The van der Waals surface area contributed by atoms with Gasteiger partial charge in [-0.2, -0.15) is 0 Å². The Morgan fingerprint density at radius 2 is 1.04 bits per heavy atom. The smallest absolute Gasteiger partial charge is 0.135 e. The number of para-hydroxylation sites is 2. The van der Waals surface area contributed by atoms with Crippen LogP contribution in [0, 0.1) is 0 Å². The van der Waals surface area contributed by atoms with Crippen molar-refractivity contribution in [3.05, 3.63) is 175 Å². The first-order chi connectivity index (χ1) is 26.1. The van der Waals surface area contributed by atoms with Gasteiger partial charge in [-0.15, -0.1) is 0 Å². The molecule has 2 aromatic heterocycles. The van der Waals surface area contributed by atoms with Crippen molar-refractivity contribution in [2.75, 3.05) is 0 Å². The van der Waals surface area contributed by atoms with Crippen LogP contribution in [0.25, 0.3) is 104 Å². The topological polar surface area (TPSA) is 18.1 Å². The summed E-state index contributed by atoms with van der Waals surface area (Å²) in [5.41, 5.74) is 13.1. The van der Waals surface area contributed by atoms with Crippen LogP contribution in [-0.2, 0) is 5.41 Å². The Morgan fingerprint density at radius 3 is 1.77 bits per heavy atom. The molecule has 1 aliphatic rings. The predicted molar refractivity (Wildman–Crippen MR) is 224 cm³/mol. The van der Waals surface area contributed by atoms with Crippen molar-refractivity contribution in [1.29, 1.82) is 0 Å². The quantitative estimate of drug-likeness (QED) is 0.167. The van der Waals surface area contributed by atoms with Crippen molar-refractivity contribution < 1.29 is 4.42 Å². The van der Waals surface area contributed by atoms with Gasteiger partial charge in [-0.3, -0.25) is 0 Å². The molecular formula is C51H33NO. The third-order valence-corrected chi connectivity index (χ3v) is 12.2. The molecule has 0 aliphatic heterocycles. The second-order valence-corrected chi connectivity index (χ2v) is 15.2. The van der Waals surface area contributed by atoms with Crippen molar-refractivity contribution in [3.63, 3.8) is 0 Å². The van der Waals surface area contributed by atoms with Gasteiger partial charge in [0.15, 0.2) is 0 Å². The van der Waals surface area contributed by atoms with Gasteiger partial charge in [0.2, 0.25) is 0 Å². The summed E-state index contributed by atoms with van der Waals surface area (Å²) in [5, 5.41) is 12.7. The Kier molecular flexibility index (Phi) is 5.60. The number of aromatic nitrogens is 1. The van der Waals surface area contributed by atoms with Crippen LogP contribution in [0.1, 0.15) is 25.0 Å². The molecule has 53 heavy (non-hydrogen) atoms. The number of rotatable bonds is 2. The molecule has 0 saturated heterocycles. The monoisotopic (exact) mass is 675 g/mol. The third-order valence-electron chi connectivity index (χ3n) is 12.2. The van der Waals surface area contributed by atoms with Gasteiger partial charge in [0.1, 0.15) is 11.2 Å². The van der Waals surface area contributed by atoms with Gasteiger partial charge in [0.05, 0.1) is 11.0 Å². The summed E-state index contributed by atoms with van der Waals surface area (Å²) >= 11 is 0. The van der Waals surface area contributed by atoms with Crippen molar-refractivity contribution in [2.24, 2.45) is 0 Å². The molecule has 0 spiro atoms. The minimum atomic E-state index is -0.207. The molecular weight excluding hydrogens is 643 g/mol. The number of fused-ring (bicyclic) bond motifs is 17. The van der Waals surface area contributed by atoms with E-state index in [4.69, 9.17) is 4.42 Å². The average molecular weight is 676 g/mol. The molecule has 0 unspecified atom stereocenters. The molecule has 248 valence electrons. The van der Waals surface area contributed by atoms with E-state index < -0.39 is 0 Å². The summed E-state index contributed by atoms with van der Waals surface area (Å²) < 4.78 is 8.90. The molecule has 9 aromatic carbocycles. The fourth-order valence-electron chi connectivity index (χ4n) is 9.82. The first-order valence-electron chi connectivity index (χ1n) is 18.5. The average Bonchev–Trinajstić information content (AvgIpc) is 3.83. The lowest BCUT2D eigenvalue weighted by molar-refractivity contribution is 0.657. The number of furan rings is 1. The van der Waals surface area contributed by atoms with E-state index in [1.54, 1.807) is 0 Å². The van der Waals surface area contributed by atoms with E-state index in [9.17, 15) is 0 Å². The van der Waals surface area contributed by atoms with Gasteiger partial charge in [-0.05, 0) is 96.5 Å². The van der Waals surface area contributed by atoms with E-state index >= 15 is 0 Å². The second kappa shape index (κ2) is 10.2. The van der Waals surface area contributed by atoms with Crippen LogP contribution in [0.2, 0.25) is 0 Å². The lowest BCUT2D eigenvalue weighted by Crippen LogP contribution is -2.15. The molecule has 0 bridgehead atoms. The van der Waals surface area contributed by atoms with Crippen LogP contribution in [-0.4, -0.2) is 4.57 Å². The standard InChI is InChI=1S/C51H33NO/c1-51(2)43-27-25-39-38-15-7-9-17-44(38)52(50(39)47(43)41-26-28-46-48(49(41)51)40-16-8-10-18-45(40)53-46)32-22-19-30(20-23-32)31-21-24-37-35-13-4-3-11-33(35)34-12-5-6-14-36(34)42(37)29-31/h3-29H,1-2H3. The molecule has 2 heterocycles. The summed E-state index contributed by atoms with van der Waals surface area (Å²) in [6.07, 6.45) is 0. The van der Waals surface area contributed by atoms with Gasteiger partial charge < -0.3 is 8.98 Å². The number of hydrogen-bond acceptors (Lipinski definition) is 1. The zero-order valence-electron chi connectivity index (χ0n) is 29.4. The SMILES string of the molecule is CC1(C)c2ccc3c4ccccc4n(-c4ccc(-c5ccc6c7ccccc7c7ccccc7c6c5)cc4)c3c2-c2ccc3oc4ccccc4c3c21. The number of benzene rings is 9. The minimum absolute atomic E-state index is 0.207. The highest BCUT2D eigenvalue weighted by Gasteiger charge is 2.40. The van der Waals surface area contributed by atoms with Crippen LogP contribution in [0.15, 0.2) is 168 Å². The Morgan fingerprint density at radius 1 is 0.453 bits per heavy atom. The largest absolute Gasteiger partial charge is 0.456 e. The first kappa shape index (κ1) is 29.0.